The Morgan fingerprint density at radius 3 is 2.88 bits per heavy atom. The van der Waals surface area contributed by atoms with Crippen molar-refractivity contribution in [1.29, 1.82) is 0 Å². The highest BCUT2D eigenvalue weighted by molar-refractivity contribution is 7.99. The molecule has 0 atom stereocenters. The van der Waals surface area contributed by atoms with Crippen LogP contribution >= 0.6 is 24.4 Å². The van der Waals surface area contributed by atoms with E-state index >= 15 is 0 Å². The van der Waals surface area contributed by atoms with Crippen LogP contribution in [0.4, 0.5) is 0 Å². The lowest BCUT2D eigenvalue weighted by Gasteiger charge is -2.21. The molecule has 0 saturated carbocycles. The number of hydrogen-bond acceptors (Lipinski definition) is 3. The van der Waals surface area contributed by atoms with Crippen LogP contribution in [0, 0.1) is 5.92 Å². The fourth-order valence-corrected chi connectivity index (χ4v) is 3.37. The largest absolute Gasteiger partial charge is 0.352 e. The van der Waals surface area contributed by atoms with E-state index in [1.165, 1.54) is 24.3 Å². The zero-order valence-electron chi connectivity index (χ0n) is 9.69. The van der Waals surface area contributed by atoms with Crippen LogP contribution in [0.5, 0.6) is 0 Å². The predicted octanol–water partition coefficient (Wildman–Crippen LogP) is 2.85. The van der Waals surface area contributed by atoms with E-state index in [0.717, 1.165) is 11.4 Å². The number of benzene rings is 1. The highest BCUT2D eigenvalue weighted by Crippen LogP contribution is 2.22. The molecule has 0 aromatic heterocycles. The monoisotopic (exact) mass is 267 g/mol. The average Bonchev–Trinajstić information content (AvgIpc) is 2.37. The Hall–Kier alpha value is -0.610. The van der Waals surface area contributed by atoms with Crippen molar-refractivity contribution in [2.45, 2.75) is 17.7 Å². The molecule has 1 saturated heterocycles. The van der Waals surface area contributed by atoms with Gasteiger partial charge in [0.1, 0.15) is 0 Å². The van der Waals surface area contributed by atoms with Crippen LogP contribution in [0.1, 0.15) is 23.2 Å². The normalized spacial score (nSPS) is 16.8. The summed E-state index contributed by atoms with van der Waals surface area (Å²) in [5, 5.41) is 3.01. The molecule has 1 N–H and O–H groups in total. The summed E-state index contributed by atoms with van der Waals surface area (Å²) < 4.78 is 0. The Morgan fingerprint density at radius 2 is 2.18 bits per heavy atom. The molecule has 1 aliphatic rings. The molecule has 1 amide bonds. The Bertz CT molecular complexity index is 389. The number of nitrogens with one attached hydrogen (secondary N) is 1. The van der Waals surface area contributed by atoms with Gasteiger partial charge in [0.15, 0.2) is 0 Å². The van der Waals surface area contributed by atoms with E-state index in [0.29, 0.717) is 11.5 Å². The molecule has 1 aromatic rings. The van der Waals surface area contributed by atoms with Gasteiger partial charge >= 0.3 is 0 Å². The number of hydrogen-bond donors (Lipinski definition) is 2. The van der Waals surface area contributed by atoms with Gasteiger partial charge < -0.3 is 5.32 Å². The van der Waals surface area contributed by atoms with Crippen LogP contribution in [0.25, 0.3) is 0 Å². The molecule has 1 aromatic carbocycles. The Labute approximate surface area is 112 Å². The van der Waals surface area contributed by atoms with Crippen LogP contribution in [0.15, 0.2) is 29.2 Å². The maximum absolute atomic E-state index is 11.9. The van der Waals surface area contributed by atoms with Gasteiger partial charge in [-0.3, -0.25) is 4.79 Å². The van der Waals surface area contributed by atoms with Crippen molar-refractivity contribution in [3.8, 4) is 0 Å². The van der Waals surface area contributed by atoms with Gasteiger partial charge in [0.25, 0.3) is 5.91 Å². The van der Waals surface area contributed by atoms with Crippen molar-refractivity contribution < 1.29 is 4.79 Å². The lowest BCUT2D eigenvalue weighted by molar-refractivity contribution is 0.0946. The first-order valence-corrected chi connectivity index (χ1v) is 7.51. The molecule has 0 radical (unpaired) electrons. The fourth-order valence-electron chi connectivity index (χ4n) is 1.94. The van der Waals surface area contributed by atoms with E-state index in [1.807, 2.05) is 30.0 Å². The molecule has 0 aliphatic carbocycles. The number of carbonyl (C=O) groups excluding carboxylic acids is 1. The third-order valence-corrected chi connectivity index (χ3v) is 4.33. The van der Waals surface area contributed by atoms with Gasteiger partial charge in [-0.2, -0.15) is 11.8 Å². The summed E-state index contributed by atoms with van der Waals surface area (Å²) in [4.78, 5) is 12.7. The van der Waals surface area contributed by atoms with Crippen molar-refractivity contribution in [2.24, 2.45) is 5.92 Å². The maximum Gasteiger partial charge on any atom is 0.251 e. The highest BCUT2D eigenvalue weighted by Gasteiger charge is 2.15. The van der Waals surface area contributed by atoms with Crippen LogP contribution in [0.3, 0.4) is 0 Å². The summed E-state index contributed by atoms with van der Waals surface area (Å²) >= 11 is 6.24. The van der Waals surface area contributed by atoms with E-state index in [-0.39, 0.29) is 5.91 Å². The number of thiol groups is 1. The summed E-state index contributed by atoms with van der Waals surface area (Å²) in [7, 11) is 0. The first-order chi connectivity index (χ1) is 8.25. The van der Waals surface area contributed by atoms with E-state index in [2.05, 4.69) is 17.9 Å². The smallest absolute Gasteiger partial charge is 0.251 e. The summed E-state index contributed by atoms with van der Waals surface area (Å²) in [5.41, 5.74) is 0.697. The second-order valence-electron chi connectivity index (χ2n) is 4.32. The van der Waals surface area contributed by atoms with Crippen LogP contribution in [-0.2, 0) is 0 Å². The third kappa shape index (κ3) is 3.96. The molecule has 0 unspecified atom stereocenters. The molecule has 0 spiro atoms. The summed E-state index contributed by atoms with van der Waals surface area (Å²) in [6.45, 7) is 0.802. The summed E-state index contributed by atoms with van der Waals surface area (Å²) in [6, 6.07) is 7.35. The molecule has 1 fully saturated rings. The summed E-state index contributed by atoms with van der Waals surface area (Å²) in [5.74, 6) is 3.12. The first kappa shape index (κ1) is 12.8. The van der Waals surface area contributed by atoms with E-state index in [9.17, 15) is 4.79 Å². The topological polar surface area (TPSA) is 29.1 Å². The Morgan fingerprint density at radius 1 is 1.41 bits per heavy atom. The van der Waals surface area contributed by atoms with Gasteiger partial charge in [-0.05, 0) is 48.5 Å². The lowest BCUT2D eigenvalue weighted by Crippen LogP contribution is -2.30. The van der Waals surface area contributed by atoms with Gasteiger partial charge in [0.05, 0.1) is 0 Å². The van der Waals surface area contributed by atoms with Gasteiger partial charge in [0, 0.05) is 17.0 Å². The molecule has 1 aliphatic heterocycles. The zero-order valence-corrected chi connectivity index (χ0v) is 11.4. The molecule has 92 valence electrons. The molecule has 0 bridgehead atoms. The van der Waals surface area contributed by atoms with Crippen molar-refractivity contribution in [2.75, 3.05) is 18.1 Å². The zero-order chi connectivity index (χ0) is 12.1. The molecular weight excluding hydrogens is 250 g/mol. The quantitative estimate of drug-likeness (QED) is 0.825. The average molecular weight is 267 g/mol. The highest BCUT2D eigenvalue weighted by atomic mass is 32.2. The lowest BCUT2D eigenvalue weighted by atomic mass is 10.0. The predicted molar refractivity (Wildman–Crippen MR) is 76.1 cm³/mol. The van der Waals surface area contributed by atoms with Gasteiger partial charge in [-0.25, -0.2) is 0 Å². The number of rotatable bonds is 3. The van der Waals surface area contributed by atoms with E-state index in [4.69, 9.17) is 0 Å². The summed E-state index contributed by atoms with van der Waals surface area (Å²) in [6.07, 6.45) is 2.44. The minimum Gasteiger partial charge on any atom is -0.352 e. The molecule has 2 rings (SSSR count). The minimum absolute atomic E-state index is 0.0131. The van der Waals surface area contributed by atoms with E-state index < -0.39 is 0 Å². The van der Waals surface area contributed by atoms with Gasteiger partial charge in [-0.15, -0.1) is 12.6 Å². The van der Waals surface area contributed by atoms with Crippen molar-refractivity contribution >= 4 is 30.3 Å². The van der Waals surface area contributed by atoms with Gasteiger partial charge in [0.2, 0.25) is 0 Å². The van der Waals surface area contributed by atoms with Crippen LogP contribution in [-0.4, -0.2) is 24.0 Å². The second-order valence-corrected chi connectivity index (χ2v) is 6.06. The minimum atomic E-state index is 0.0131. The SMILES string of the molecule is O=C(NCC1CCSCC1)c1cccc(S)c1. The first-order valence-electron chi connectivity index (χ1n) is 5.90. The van der Waals surface area contributed by atoms with Crippen molar-refractivity contribution in [3.63, 3.8) is 0 Å². The van der Waals surface area contributed by atoms with Crippen LogP contribution < -0.4 is 5.32 Å². The molecule has 17 heavy (non-hydrogen) atoms. The molecule has 1 heterocycles. The molecule has 2 nitrogen and oxygen atoms in total. The number of amides is 1. The molecular formula is C13H17NOS2. The van der Waals surface area contributed by atoms with Crippen LogP contribution in [0.2, 0.25) is 0 Å². The number of carbonyl (C=O) groups is 1. The molecule has 4 heteroatoms. The van der Waals surface area contributed by atoms with Crippen molar-refractivity contribution in [3.05, 3.63) is 29.8 Å². The third-order valence-electron chi connectivity index (χ3n) is 3.00. The van der Waals surface area contributed by atoms with Crippen molar-refractivity contribution in [1.82, 2.24) is 5.32 Å². The fraction of sp³-hybridized carbons (Fsp3) is 0.462. The second kappa shape index (κ2) is 6.36. The van der Waals surface area contributed by atoms with E-state index in [1.54, 1.807) is 6.07 Å². The standard InChI is InChI=1S/C13H17NOS2/c15-13(11-2-1-3-12(16)8-11)14-9-10-4-6-17-7-5-10/h1-3,8,10,16H,4-7,9H2,(H,14,15). The Balaban J connectivity index is 1.84. The number of thioether (sulfide) groups is 1. The Kier molecular flexibility index (Phi) is 4.80. The maximum atomic E-state index is 11.9. The van der Waals surface area contributed by atoms with Gasteiger partial charge in [-0.1, -0.05) is 6.07 Å².